The van der Waals surface area contributed by atoms with E-state index in [0.29, 0.717) is 17.8 Å². The number of hydrogen-bond donors (Lipinski definition) is 0. The minimum absolute atomic E-state index is 0.0136. The van der Waals surface area contributed by atoms with Gasteiger partial charge in [-0.3, -0.25) is 0 Å². The Hall–Kier alpha value is -0.833. The van der Waals surface area contributed by atoms with E-state index in [4.69, 9.17) is 0 Å². The summed E-state index contributed by atoms with van der Waals surface area (Å²) in [7, 11) is 0.912. The zero-order chi connectivity index (χ0) is 17.0. The first-order valence-corrected chi connectivity index (χ1v) is 9.46. The lowest BCUT2D eigenvalue weighted by Crippen LogP contribution is -2.62. The number of fused-ring (bicyclic) bond motifs is 1. The van der Waals surface area contributed by atoms with Crippen LogP contribution in [0.2, 0.25) is 0 Å². The van der Waals surface area contributed by atoms with E-state index in [-0.39, 0.29) is 16.8 Å². The fourth-order valence-electron chi connectivity index (χ4n) is 5.72. The van der Waals surface area contributed by atoms with Gasteiger partial charge in [-0.25, -0.2) is 4.39 Å². The number of rotatable bonds is 3. The van der Waals surface area contributed by atoms with Crippen molar-refractivity contribution >= 4 is 16.1 Å². The van der Waals surface area contributed by atoms with E-state index in [9.17, 15) is 4.39 Å². The van der Waals surface area contributed by atoms with Crippen LogP contribution in [0.1, 0.15) is 72.4 Å². The zero-order valence-corrected chi connectivity index (χ0v) is 17.7. The Labute approximate surface area is 138 Å². The summed E-state index contributed by atoms with van der Waals surface area (Å²) in [6, 6.07) is 3.53. The van der Waals surface area contributed by atoms with Gasteiger partial charge in [-0.2, -0.15) is 0 Å². The summed E-state index contributed by atoms with van der Waals surface area (Å²) >= 11 is 0. The average Bonchev–Trinajstić information content (AvgIpc) is 2.53. The SMILES string of the molecule is CC(C)c1cc(F)cc2c1C(C)(C)C(C(C)C)(C(C)C)N2[SiH3]. The molecule has 0 bridgehead atoms. The van der Waals surface area contributed by atoms with Crippen LogP contribution in [0.5, 0.6) is 0 Å². The van der Waals surface area contributed by atoms with Crippen LogP contribution in [0.15, 0.2) is 12.1 Å². The lowest BCUT2D eigenvalue weighted by molar-refractivity contribution is 0.144. The fourth-order valence-corrected chi connectivity index (χ4v) is 7.66. The van der Waals surface area contributed by atoms with Crippen molar-refractivity contribution in [2.45, 2.75) is 72.3 Å². The molecule has 0 unspecified atom stereocenters. The molecule has 1 aliphatic heterocycles. The molecule has 0 amide bonds. The zero-order valence-electron chi connectivity index (χ0n) is 15.7. The lowest BCUT2D eigenvalue weighted by Gasteiger charge is -2.53. The second-order valence-electron chi connectivity index (χ2n) is 8.36. The van der Waals surface area contributed by atoms with Crippen molar-refractivity contribution in [3.8, 4) is 0 Å². The van der Waals surface area contributed by atoms with Gasteiger partial charge in [0.25, 0.3) is 0 Å². The smallest absolute Gasteiger partial charge is 0.125 e. The van der Waals surface area contributed by atoms with Gasteiger partial charge in [-0.05, 0) is 41.0 Å². The first-order chi connectivity index (χ1) is 9.99. The summed E-state index contributed by atoms with van der Waals surface area (Å²) in [6.45, 7) is 18.4. The molecule has 2 rings (SSSR count). The normalized spacial score (nSPS) is 19.5. The van der Waals surface area contributed by atoms with E-state index >= 15 is 0 Å². The van der Waals surface area contributed by atoms with Gasteiger partial charge < -0.3 is 4.57 Å². The average molecular weight is 322 g/mol. The molecule has 0 saturated heterocycles. The van der Waals surface area contributed by atoms with Gasteiger partial charge in [0.1, 0.15) is 16.2 Å². The van der Waals surface area contributed by atoms with Crippen molar-refractivity contribution in [1.29, 1.82) is 0 Å². The van der Waals surface area contributed by atoms with Gasteiger partial charge in [0.2, 0.25) is 0 Å². The summed E-state index contributed by atoms with van der Waals surface area (Å²) in [6.07, 6.45) is 0. The number of anilines is 1. The molecule has 1 nitrogen and oxygen atoms in total. The van der Waals surface area contributed by atoms with Crippen LogP contribution >= 0.6 is 0 Å². The highest BCUT2D eigenvalue weighted by Gasteiger charge is 2.59. The van der Waals surface area contributed by atoms with E-state index in [0.717, 1.165) is 16.1 Å². The number of nitrogens with zero attached hydrogens (tertiary/aromatic N) is 1. The maximum absolute atomic E-state index is 14.3. The third-order valence-electron chi connectivity index (χ3n) is 6.04. The monoisotopic (exact) mass is 321 g/mol. The summed E-state index contributed by atoms with van der Waals surface area (Å²) in [4.78, 5) is 0. The summed E-state index contributed by atoms with van der Waals surface area (Å²) in [5, 5.41) is 0. The highest BCUT2D eigenvalue weighted by atomic mass is 28.2. The summed E-state index contributed by atoms with van der Waals surface area (Å²) in [5.74, 6) is 1.27. The molecule has 3 heteroatoms. The Morgan fingerprint density at radius 2 is 1.50 bits per heavy atom. The molecular formula is C19H32FNSi. The predicted octanol–water partition coefficient (Wildman–Crippen LogP) is 4.38. The minimum atomic E-state index is -0.0950. The molecule has 0 aromatic heterocycles. The molecule has 0 aliphatic carbocycles. The standard InChI is InChI=1S/C19H32FNSi/c1-11(2)15-9-14(20)10-16-17(15)18(7,8)19(12(3)4,13(5)6)21(16)22/h9-13H,1-8,22H3. The highest BCUT2D eigenvalue weighted by molar-refractivity contribution is 6.20. The number of halogens is 1. The van der Waals surface area contributed by atoms with Crippen LogP contribution in [0.3, 0.4) is 0 Å². The van der Waals surface area contributed by atoms with E-state index in [2.05, 4.69) is 60.0 Å². The molecule has 124 valence electrons. The first kappa shape index (κ1) is 17.5. The molecule has 0 fully saturated rings. The molecule has 0 saturated carbocycles. The molecule has 1 aromatic carbocycles. The van der Waals surface area contributed by atoms with Gasteiger partial charge in [-0.1, -0.05) is 55.4 Å². The second kappa shape index (κ2) is 5.36. The van der Waals surface area contributed by atoms with E-state index < -0.39 is 0 Å². The van der Waals surface area contributed by atoms with Crippen molar-refractivity contribution in [2.24, 2.45) is 11.8 Å². The Morgan fingerprint density at radius 1 is 1.00 bits per heavy atom. The van der Waals surface area contributed by atoms with E-state index in [1.807, 2.05) is 0 Å². The molecule has 0 radical (unpaired) electrons. The molecule has 1 heterocycles. The Kier molecular flexibility index (Phi) is 4.27. The molecule has 1 aromatic rings. The van der Waals surface area contributed by atoms with Crippen LogP contribution in [-0.2, 0) is 5.41 Å². The topological polar surface area (TPSA) is 3.24 Å². The van der Waals surface area contributed by atoms with Crippen molar-refractivity contribution < 1.29 is 4.39 Å². The van der Waals surface area contributed by atoms with Gasteiger partial charge >= 0.3 is 0 Å². The number of hydrogen-bond acceptors (Lipinski definition) is 1. The lowest BCUT2D eigenvalue weighted by atomic mass is 9.59. The Morgan fingerprint density at radius 3 is 1.91 bits per heavy atom. The van der Waals surface area contributed by atoms with Crippen LogP contribution in [-0.4, -0.2) is 15.9 Å². The Bertz CT molecular complexity index is 567. The van der Waals surface area contributed by atoms with E-state index in [1.165, 1.54) is 11.1 Å². The van der Waals surface area contributed by atoms with Crippen LogP contribution in [0.25, 0.3) is 0 Å². The summed E-state index contributed by atoms with van der Waals surface area (Å²) in [5.41, 5.74) is 3.77. The van der Waals surface area contributed by atoms with Gasteiger partial charge in [0, 0.05) is 16.6 Å². The molecule has 0 atom stereocenters. The van der Waals surface area contributed by atoms with Crippen molar-refractivity contribution in [3.05, 3.63) is 29.1 Å². The Balaban J connectivity index is 2.86. The second-order valence-corrected chi connectivity index (χ2v) is 9.26. The highest BCUT2D eigenvalue weighted by Crippen LogP contribution is 2.58. The maximum Gasteiger partial charge on any atom is 0.125 e. The predicted molar refractivity (Wildman–Crippen MR) is 98.3 cm³/mol. The molecule has 1 aliphatic rings. The van der Waals surface area contributed by atoms with Gasteiger partial charge in [-0.15, -0.1) is 0 Å². The third-order valence-corrected chi connectivity index (χ3v) is 7.26. The van der Waals surface area contributed by atoms with Crippen molar-refractivity contribution in [2.75, 3.05) is 4.57 Å². The van der Waals surface area contributed by atoms with Crippen LogP contribution < -0.4 is 4.57 Å². The van der Waals surface area contributed by atoms with Crippen molar-refractivity contribution in [3.63, 3.8) is 0 Å². The van der Waals surface area contributed by atoms with Crippen LogP contribution in [0, 0.1) is 17.7 Å². The number of benzene rings is 1. The molecule has 0 N–H and O–H groups in total. The van der Waals surface area contributed by atoms with E-state index in [1.54, 1.807) is 12.1 Å². The molecular weight excluding hydrogens is 289 g/mol. The maximum atomic E-state index is 14.3. The van der Waals surface area contributed by atoms with Crippen LogP contribution in [0.4, 0.5) is 10.1 Å². The van der Waals surface area contributed by atoms with Crippen molar-refractivity contribution in [1.82, 2.24) is 0 Å². The van der Waals surface area contributed by atoms with Gasteiger partial charge in [0.05, 0.1) is 0 Å². The largest absolute Gasteiger partial charge is 0.399 e. The fraction of sp³-hybridized carbons (Fsp3) is 0.684. The molecule has 0 spiro atoms. The molecule has 22 heavy (non-hydrogen) atoms. The first-order valence-electron chi connectivity index (χ1n) is 8.57. The van der Waals surface area contributed by atoms with Gasteiger partial charge in [0.15, 0.2) is 0 Å². The quantitative estimate of drug-likeness (QED) is 0.747. The minimum Gasteiger partial charge on any atom is -0.399 e. The third kappa shape index (κ3) is 2.01. The summed E-state index contributed by atoms with van der Waals surface area (Å²) < 4.78 is 16.8.